The van der Waals surface area contributed by atoms with Crippen LogP contribution in [0.25, 0.3) is 10.8 Å². The average molecular weight is 457 g/mol. The van der Waals surface area contributed by atoms with Gasteiger partial charge in [0.15, 0.2) is 0 Å². The summed E-state index contributed by atoms with van der Waals surface area (Å²) >= 11 is 0. The van der Waals surface area contributed by atoms with Crippen molar-refractivity contribution in [3.63, 3.8) is 0 Å². The van der Waals surface area contributed by atoms with Gasteiger partial charge in [-0.25, -0.2) is 0 Å². The number of hydrogen-bond donors (Lipinski definition) is 1. The van der Waals surface area contributed by atoms with Gasteiger partial charge in [-0.1, -0.05) is 73.2 Å². The molecule has 3 aromatic rings. The normalized spacial score (nSPS) is 23.1. The van der Waals surface area contributed by atoms with E-state index in [1.165, 1.54) is 66.0 Å². The minimum atomic E-state index is 0.427. The lowest BCUT2D eigenvalue weighted by atomic mass is 9.81. The molecule has 3 nitrogen and oxygen atoms in total. The number of ether oxygens (including phenoxy) is 1. The Morgan fingerprint density at radius 1 is 0.912 bits per heavy atom. The molecule has 1 N–H and O–H groups in total. The Bertz CT molecular complexity index is 1040. The predicted octanol–water partition coefficient (Wildman–Crippen LogP) is 6.31. The Hall–Kier alpha value is -2.20. The minimum Gasteiger partial charge on any atom is -0.377 e. The molecule has 3 aromatic carbocycles. The average Bonchev–Trinajstić information content (AvgIpc) is 3.38. The van der Waals surface area contributed by atoms with Crippen LogP contribution in [0.5, 0.6) is 0 Å². The van der Waals surface area contributed by atoms with E-state index in [1.54, 1.807) is 0 Å². The van der Waals surface area contributed by atoms with Gasteiger partial charge in [0, 0.05) is 25.7 Å². The molecule has 1 saturated carbocycles. The molecule has 1 saturated heterocycles. The third-order valence-electron chi connectivity index (χ3n) is 7.82. The van der Waals surface area contributed by atoms with Crippen molar-refractivity contribution >= 4 is 10.8 Å². The molecule has 3 atom stereocenters. The number of fused-ring (bicyclic) bond motifs is 1. The van der Waals surface area contributed by atoms with Gasteiger partial charge in [0.25, 0.3) is 0 Å². The van der Waals surface area contributed by atoms with Crippen LogP contribution >= 0.6 is 0 Å². The van der Waals surface area contributed by atoms with Gasteiger partial charge in [-0.2, -0.15) is 0 Å². The molecule has 0 bridgehead atoms. The van der Waals surface area contributed by atoms with E-state index in [1.807, 2.05) is 0 Å². The molecular formula is C31H40N2O. The molecule has 3 unspecified atom stereocenters. The molecule has 34 heavy (non-hydrogen) atoms. The molecular weight excluding hydrogens is 416 g/mol. The number of rotatable bonds is 9. The number of likely N-dealkylation sites (N-methyl/N-ethyl adjacent to an activating group) is 1. The summed E-state index contributed by atoms with van der Waals surface area (Å²) in [5, 5.41) is 6.63. The van der Waals surface area contributed by atoms with Crippen LogP contribution in [0, 0.1) is 0 Å². The maximum absolute atomic E-state index is 5.79. The van der Waals surface area contributed by atoms with Gasteiger partial charge in [0.1, 0.15) is 0 Å². The van der Waals surface area contributed by atoms with Crippen molar-refractivity contribution in [2.24, 2.45) is 0 Å². The molecule has 2 fully saturated rings. The second-order valence-corrected chi connectivity index (χ2v) is 10.5. The molecule has 5 rings (SSSR count). The zero-order valence-corrected chi connectivity index (χ0v) is 20.7. The largest absolute Gasteiger partial charge is 0.377 e. The fraction of sp³-hybridized carbons (Fsp3) is 0.484. The van der Waals surface area contributed by atoms with Crippen LogP contribution in [0.4, 0.5) is 0 Å². The van der Waals surface area contributed by atoms with Crippen molar-refractivity contribution < 1.29 is 4.74 Å². The molecule has 0 aromatic heterocycles. The first-order valence-electron chi connectivity index (χ1n) is 13.3. The highest BCUT2D eigenvalue weighted by molar-refractivity contribution is 5.85. The zero-order valence-electron chi connectivity index (χ0n) is 20.7. The first-order valence-corrected chi connectivity index (χ1v) is 13.3. The predicted molar refractivity (Wildman–Crippen MR) is 142 cm³/mol. The van der Waals surface area contributed by atoms with Crippen LogP contribution in [0.1, 0.15) is 61.1 Å². The third kappa shape index (κ3) is 6.07. The quantitative estimate of drug-likeness (QED) is 0.408. The highest BCUT2D eigenvalue weighted by Crippen LogP contribution is 2.33. The summed E-state index contributed by atoms with van der Waals surface area (Å²) in [4.78, 5) is 2.40. The van der Waals surface area contributed by atoms with Gasteiger partial charge in [0.2, 0.25) is 0 Å². The van der Waals surface area contributed by atoms with E-state index in [0.29, 0.717) is 18.1 Å². The summed E-state index contributed by atoms with van der Waals surface area (Å²) < 4.78 is 5.79. The Balaban J connectivity index is 1.10. The monoisotopic (exact) mass is 456 g/mol. The molecule has 2 aliphatic rings. The molecule has 1 heterocycles. The van der Waals surface area contributed by atoms with Gasteiger partial charge in [-0.05, 0) is 85.5 Å². The van der Waals surface area contributed by atoms with Crippen molar-refractivity contribution in [1.82, 2.24) is 10.2 Å². The summed E-state index contributed by atoms with van der Waals surface area (Å²) in [7, 11) is 2.21. The van der Waals surface area contributed by atoms with Gasteiger partial charge in [-0.3, -0.25) is 4.90 Å². The highest BCUT2D eigenvalue weighted by Gasteiger charge is 2.23. The van der Waals surface area contributed by atoms with Crippen LogP contribution in [-0.4, -0.2) is 43.8 Å². The minimum absolute atomic E-state index is 0.427. The van der Waals surface area contributed by atoms with Crippen molar-refractivity contribution in [2.45, 2.75) is 69.6 Å². The Kier molecular flexibility index (Phi) is 7.95. The lowest BCUT2D eigenvalue weighted by Crippen LogP contribution is -2.34. The maximum Gasteiger partial charge on any atom is 0.0702 e. The van der Waals surface area contributed by atoms with Crippen molar-refractivity contribution in [2.75, 3.05) is 26.7 Å². The second kappa shape index (κ2) is 11.5. The van der Waals surface area contributed by atoms with Gasteiger partial charge >= 0.3 is 0 Å². The van der Waals surface area contributed by atoms with E-state index in [-0.39, 0.29) is 0 Å². The molecule has 0 radical (unpaired) electrons. The van der Waals surface area contributed by atoms with Crippen LogP contribution in [0.2, 0.25) is 0 Å². The SMILES string of the molecule is CN(Cc1ccc(C2CCCC(NCCc3cccc4ccccc34)C2)cc1)CC1CCCO1. The van der Waals surface area contributed by atoms with Crippen LogP contribution < -0.4 is 5.32 Å². The van der Waals surface area contributed by atoms with E-state index in [0.717, 1.165) is 32.7 Å². The first kappa shape index (κ1) is 23.5. The van der Waals surface area contributed by atoms with Crippen LogP contribution in [0.3, 0.4) is 0 Å². The lowest BCUT2D eigenvalue weighted by Gasteiger charge is -2.30. The Morgan fingerprint density at radius 2 is 1.76 bits per heavy atom. The molecule has 0 spiro atoms. The summed E-state index contributed by atoms with van der Waals surface area (Å²) in [5.74, 6) is 0.683. The molecule has 0 amide bonds. The van der Waals surface area contributed by atoms with Crippen molar-refractivity contribution in [3.8, 4) is 0 Å². The lowest BCUT2D eigenvalue weighted by molar-refractivity contribution is 0.0793. The van der Waals surface area contributed by atoms with Gasteiger partial charge in [-0.15, -0.1) is 0 Å². The van der Waals surface area contributed by atoms with E-state index >= 15 is 0 Å². The van der Waals surface area contributed by atoms with Crippen molar-refractivity contribution in [1.29, 1.82) is 0 Å². The molecule has 3 heteroatoms. The highest BCUT2D eigenvalue weighted by atomic mass is 16.5. The molecule has 180 valence electrons. The van der Waals surface area contributed by atoms with Gasteiger partial charge < -0.3 is 10.1 Å². The zero-order chi connectivity index (χ0) is 23.2. The Morgan fingerprint density at radius 3 is 2.62 bits per heavy atom. The Labute approximate surface area is 205 Å². The second-order valence-electron chi connectivity index (χ2n) is 10.5. The fourth-order valence-electron chi connectivity index (χ4n) is 6.01. The van der Waals surface area contributed by atoms with E-state index in [4.69, 9.17) is 4.74 Å². The summed E-state index contributed by atoms with van der Waals surface area (Å²) in [6.07, 6.45) is 9.15. The summed E-state index contributed by atoms with van der Waals surface area (Å²) in [5.41, 5.74) is 4.38. The van der Waals surface area contributed by atoms with Crippen LogP contribution in [-0.2, 0) is 17.7 Å². The summed E-state index contributed by atoms with van der Waals surface area (Å²) in [6.45, 7) is 4.04. The summed E-state index contributed by atoms with van der Waals surface area (Å²) in [6, 6.07) is 25.5. The number of nitrogens with one attached hydrogen (secondary N) is 1. The van der Waals surface area contributed by atoms with Gasteiger partial charge in [0.05, 0.1) is 6.10 Å². The first-order chi connectivity index (χ1) is 16.7. The third-order valence-corrected chi connectivity index (χ3v) is 7.82. The van der Waals surface area contributed by atoms with Crippen LogP contribution in [0.15, 0.2) is 66.7 Å². The number of benzene rings is 3. The maximum atomic E-state index is 5.79. The topological polar surface area (TPSA) is 24.5 Å². The smallest absolute Gasteiger partial charge is 0.0702 e. The van der Waals surface area contributed by atoms with E-state index in [9.17, 15) is 0 Å². The van der Waals surface area contributed by atoms with E-state index < -0.39 is 0 Å². The van der Waals surface area contributed by atoms with E-state index in [2.05, 4.69) is 84.0 Å². The fourth-order valence-corrected chi connectivity index (χ4v) is 6.01. The number of nitrogens with zero attached hydrogens (tertiary/aromatic N) is 1. The molecule has 1 aliphatic carbocycles. The van der Waals surface area contributed by atoms with Crippen molar-refractivity contribution in [3.05, 3.63) is 83.4 Å². The number of hydrogen-bond acceptors (Lipinski definition) is 3. The molecule has 1 aliphatic heterocycles. The standard InChI is InChI=1S/C31H40N2O/c1-33(23-30-12-6-20-34-30)22-24-14-16-25(17-15-24)28-10-5-11-29(21-28)32-19-18-27-9-4-8-26-7-2-3-13-31(26)27/h2-4,7-9,13-17,28-30,32H,5-6,10-12,18-23H2,1H3.